The van der Waals surface area contributed by atoms with Crippen LogP contribution in [0.3, 0.4) is 0 Å². The van der Waals surface area contributed by atoms with Gasteiger partial charge in [-0.05, 0) is 43.4 Å². The van der Waals surface area contributed by atoms with Gasteiger partial charge in [-0.2, -0.15) is 4.31 Å². The average Bonchev–Trinajstić information content (AvgIpc) is 3.05. The van der Waals surface area contributed by atoms with Gasteiger partial charge in [-0.3, -0.25) is 4.79 Å². The quantitative estimate of drug-likeness (QED) is 0.832. The van der Waals surface area contributed by atoms with Crippen molar-refractivity contribution in [2.24, 2.45) is 17.1 Å². The Morgan fingerprint density at radius 2 is 1.96 bits per heavy atom. The number of hydrogen-bond acceptors (Lipinski definition) is 4. The van der Waals surface area contributed by atoms with Crippen LogP contribution in [0.1, 0.15) is 26.2 Å². The molecule has 146 valence electrons. The Morgan fingerprint density at radius 3 is 2.58 bits per heavy atom. The molecule has 3 rings (SSSR count). The molecule has 2 aliphatic rings. The smallest absolute Gasteiger partial charge is 0.243 e. The van der Waals surface area contributed by atoms with Gasteiger partial charge >= 0.3 is 0 Å². The number of carbonyl (C=O) groups is 1. The fraction of sp³-hybridized carbons (Fsp3) is 0.611. The Bertz CT molecular complexity index is 728. The van der Waals surface area contributed by atoms with E-state index in [2.05, 4.69) is 6.92 Å². The predicted molar refractivity (Wildman–Crippen MR) is 104 cm³/mol. The number of nitrogens with two attached hydrogens (primary N) is 1. The zero-order chi connectivity index (χ0) is 18.1. The SMILES string of the molecule is CC1(CN)CCN(C(=O)C2CCCN(S(=O)(=O)c3ccccc3)C2)C1.Cl. The number of benzene rings is 1. The lowest BCUT2D eigenvalue weighted by molar-refractivity contribution is -0.136. The van der Waals surface area contributed by atoms with E-state index in [1.165, 1.54) is 4.31 Å². The van der Waals surface area contributed by atoms with Crippen molar-refractivity contribution in [3.05, 3.63) is 30.3 Å². The highest BCUT2D eigenvalue weighted by atomic mass is 35.5. The van der Waals surface area contributed by atoms with Gasteiger partial charge in [-0.25, -0.2) is 8.42 Å². The van der Waals surface area contributed by atoms with E-state index in [9.17, 15) is 13.2 Å². The van der Waals surface area contributed by atoms with E-state index >= 15 is 0 Å². The third-order valence-electron chi connectivity index (χ3n) is 5.48. The summed E-state index contributed by atoms with van der Waals surface area (Å²) >= 11 is 0. The molecule has 2 saturated heterocycles. The molecule has 0 aliphatic carbocycles. The topological polar surface area (TPSA) is 83.7 Å². The zero-order valence-corrected chi connectivity index (χ0v) is 16.8. The lowest BCUT2D eigenvalue weighted by Gasteiger charge is -2.33. The van der Waals surface area contributed by atoms with Crippen LogP contribution in [0.2, 0.25) is 0 Å². The van der Waals surface area contributed by atoms with E-state index in [0.29, 0.717) is 37.5 Å². The molecular weight excluding hydrogens is 374 g/mol. The van der Waals surface area contributed by atoms with Crippen LogP contribution >= 0.6 is 12.4 Å². The fourth-order valence-corrected chi connectivity index (χ4v) is 5.29. The zero-order valence-electron chi connectivity index (χ0n) is 15.1. The van der Waals surface area contributed by atoms with E-state index in [4.69, 9.17) is 5.73 Å². The Hall–Kier alpha value is -1.15. The summed E-state index contributed by atoms with van der Waals surface area (Å²) in [6.07, 6.45) is 2.37. The van der Waals surface area contributed by atoms with Gasteiger partial charge in [0.15, 0.2) is 0 Å². The first kappa shape index (κ1) is 21.2. The predicted octanol–water partition coefficient (Wildman–Crippen LogP) is 1.71. The van der Waals surface area contributed by atoms with Crippen molar-refractivity contribution in [3.8, 4) is 0 Å². The van der Waals surface area contributed by atoms with E-state index < -0.39 is 10.0 Å². The number of nitrogens with zero attached hydrogens (tertiary/aromatic N) is 2. The van der Waals surface area contributed by atoms with Gasteiger partial charge in [0, 0.05) is 26.2 Å². The Labute approximate surface area is 162 Å². The van der Waals surface area contributed by atoms with Crippen LogP contribution in [-0.2, 0) is 14.8 Å². The summed E-state index contributed by atoms with van der Waals surface area (Å²) < 4.78 is 27.1. The standard InChI is InChI=1S/C18H27N3O3S.ClH/c1-18(13-19)9-11-20(14-18)17(22)15-6-5-10-21(12-15)25(23,24)16-7-3-2-4-8-16;/h2-4,7-8,15H,5-6,9-14,19H2,1H3;1H. The molecule has 2 fully saturated rings. The minimum atomic E-state index is -3.54. The van der Waals surface area contributed by atoms with Crippen molar-refractivity contribution in [3.63, 3.8) is 0 Å². The first-order valence-electron chi connectivity index (χ1n) is 8.90. The molecule has 0 radical (unpaired) electrons. The van der Waals surface area contributed by atoms with Crippen LogP contribution in [0, 0.1) is 11.3 Å². The third-order valence-corrected chi connectivity index (χ3v) is 7.36. The number of carbonyl (C=O) groups excluding carboxylic acids is 1. The molecule has 1 aromatic carbocycles. The van der Waals surface area contributed by atoms with Crippen molar-refractivity contribution in [1.82, 2.24) is 9.21 Å². The molecule has 8 heteroatoms. The number of sulfonamides is 1. The second-order valence-corrected chi connectivity index (χ2v) is 9.48. The molecule has 2 aliphatic heterocycles. The van der Waals surface area contributed by atoms with Crippen molar-refractivity contribution in [1.29, 1.82) is 0 Å². The van der Waals surface area contributed by atoms with Crippen LogP contribution in [-0.4, -0.2) is 56.3 Å². The molecule has 2 N–H and O–H groups in total. The van der Waals surface area contributed by atoms with Crippen molar-refractivity contribution < 1.29 is 13.2 Å². The molecule has 6 nitrogen and oxygen atoms in total. The van der Waals surface area contributed by atoms with Gasteiger partial charge in [0.1, 0.15) is 0 Å². The summed E-state index contributed by atoms with van der Waals surface area (Å²) in [7, 11) is -3.54. The highest BCUT2D eigenvalue weighted by Gasteiger charge is 2.40. The summed E-state index contributed by atoms with van der Waals surface area (Å²) in [5.74, 6) is -0.183. The number of hydrogen-bond donors (Lipinski definition) is 1. The first-order chi connectivity index (χ1) is 11.9. The largest absolute Gasteiger partial charge is 0.342 e. The average molecular weight is 402 g/mol. The molecule has 0 aromatic heterocycles. The van der Waals surface area contributed by atoms with Crippen molar-refractivity contribution in [2.75, 3.05) is 32.7 Å². The molecule has 0 spiro atoms. The van der Waals surface area contributed by atoms with Crippen LogP contribution < -0.4 is 5.73 Å². The molecule has 1 aromatic rings. The van der Waals surface area contributed by atoms with Gasteiger partial charge in [0.25, 0.3) is 0 Å². The Morgan fingerprint density at radius 1 is 1.27 bits per heavy atom. The van der Waals surface area contributed by atoms with Crippen LogP contribution in [0.5, 0.6) is 0 Å². The Balaban J connectivity index is 0.00000243. The summed E-state index contributed by atoms with van der Waals surface area (Å²) in [5.41, 5.74) is 5.81. The fourth-order valence-electron chi connectivity index (χ4n) is 3.74. The molecular formula is C18H28ClN3O3S. The lowest BCUT2D eigenvalue weighted by Crippen LogP contribution is -2.46. The van der Waals surface area contributed by atoms with Crippen LogP contribution in [0.15, 0.2) is 35.2 Å². The molecule has 1 amide bonds. The van der Waals surface area contributed by atoms with Gasteiger partial charge in [0.05, 0.1) is 10.8 Å². The van der Waals surface area contributed by atoms with Crippen molar-refractivity contribution in [2.45, 2.75) is 31.1 Å². The summed E-state index contributed by atoms with van der Waals surface area (Å²) in [6.45, 7) is 4.80. The van der Waals surface area contributed by atoms with E-state index in [1.807, 2.05) is 4.90 Å². The molecule has 0 bridgehead atoms. The first-order valence-corrected chi connectivity index (χ1v) is 10.3. The lowest BCUT2D eigenvalue weighted by atomic mass is 9.90. The van der Waals surface area contributed by atoms with E-state index in [1.54, 1.807) is 30.3 Å². The van der Waals surface area contributed by atoms with Gasteiger partial charge in [-0.15, -0.1) is 12.4 Å². The number of rotatable bonds is 4. The highest BCUT2D eigenvalue weighted by Crippen LogP contribution is 2.31. The van der Waals surface area contributed by atoms with Crippen molar-refractivity contribution >= 4 is 28.3 Å². The maximum atomic E-state index is 12.9. The maximum Gasteiger partial charge on any atom is 0.243 e. The molecule has 2 atom stereocenters. The van der Waals surface area contributed by atoms with Crippen LogP contribution in [0.25, 0.3) is 0 Å². The van der Waals surface area contributed by atoms with E-state index in [-0.39, 0.29) is 36.2 Å². The highest BCUT2D eigenvalue weighted by molar-refractivity contribution is 7.89. The second-order valence-electron chi connectivity index (χ2n) is 7.54. The summed E-state index contributed by atoms with van der Waals surface area (Å²) in [6, 6.07) is 8.44. The maximum absolute atomic E-state index is 12.9. The Kier molecular flexibility index (Phi) is 6.71. The van der Waals surface area contributed by atoms with Gasteiger partial charge in [0.2, 0.25) is 15.9 Å². The molecule has 26 heavy (non-hydrogen) atoms. The van der Waals surface area contributed by atoms with Gasteiger partial charge < -0.3 is 10.6 Å². The number of piperidine rings is 1. The molecule has 0 saturated carbocycles. The second kappa shape index (κ2) is 8.25. The summed E-state index contributed by atoms with van der Waals surface area (Å²) in [4.78, 5) is 15.0. The molecule has 2 heterocycles. The molecule has 2 unspecified atom stereocenters. The summed E-state index contributed by atoms with van der Waals surface area (Å²) in [5, 5.41) is 0. The van der Waals surface area contributed by atoms with Gasteiger partial charge in [-0.1, -0.05) is 25.1 Å². The normalized spacial score (nSPS) is 27.2. The minimum absolute atomic E-state index is 0. The number of amides is 1. The van der Waals surface area contributed by atoms with E-state index in [0.717, 1.165) is 12.8 Å². The third kappa shape index (κ3) is 4.22. The minimum Gasteiger partial charge on any atom is -0.342 e. The number of likely N-dealkylation sites (tertiary alicyclic amines) is 1. The monoisotopic (exact) mass is 401 g/mol. The number of halogens is 1. The van der Waals surface area contributed by atoms with Crippen LogP contribution in [0.4, 0.5) is 0 Å².